The highest BCUT2D eigenvalue weighted by molar-refractivity contribution is 4.89. The lowest BCUT2D eigenvalue weighted by Gasteiger charge is -2.16. The van der Waals surface area contributed by atoms with Crippen molar-refractivity contribution in [1.29, 1.82) is 0 Å². The third kappa shape index (κ3) is 7.50. The van der Waals surface area contributed by atoms with Crippen molar-refractivity contribution < 1.29 is 9.47 Å². The zero-order valence-corrected chi connectivity index (χ0v) is 8.29. The van der Waals surface area contributed by atoms with Gasteiger partial charge in [0, 0.05) is 6.42 Å². The average molecular weight is 182 g/mol. The second kappa shape index (κ2) is 7.77. The summed E-state index contributed by atoms with van der Waals surface area (Å²) in [7, 11) is 0. The van der Waals surface area contributed by atoms with Crippen LogP contribution in [0.3, 0.4) is 0 Å². The fraction of sp³-hybridized carbons (Fsp3) is 0.455. The van der Waals surface area contributed by atoms with Crippen molar-refractivity contribution in [1.82, 2.24) is 0 Å². The van der Waals surface area contributed by atoms with Gasteiger partial charge in [0.1, 0.15) is 0 Å². The molecule has 0 amide bonds. The van der Waals surface area contributed by atoms with Crippen LogP contribution >= 0.6 is 0 Å². The molecule has 0 aliphatic rings. The molecule has 2 nitrogen and oxygen atoms in total. The molecular formula is C11H18O2. The van der Waals surface area contributed by atoms with E-state index in [2.05, 4.69) is 19.7 Å². The molecule has 0 aromatic rings. The Bertz CT molecular complexity index is 161. The van der Waals surface area contributed by atoms with Gasteiger partial charge < -0.3 is 9.47 Å². The molecule has 0 aliphatic heterocycles. The molecule has 0 aromatic carbocycles. The van der Waals surface area contributed by atoms with Crippen molar-refractivity contribution in [2.45, 2.75) is 19.6 Å². The maximum atomic E-state index is 5.36. The van der Waals surface area contributed by atoms with Crippen molar-refractivity contribution in [3.05, 3.63) is 37.5 Å². The summed E-state index contributed by atoms with van der Waals surface area (Å²) < 4.78 is 10.7. The number of ether oxygens (including phenoxy) is 2. The van der Waals surface area contributed by atoms with Gasteiger partial charge in [0.2, 0.25) is 0 Å². The number of hydrogen-bond donors (Lipinski definition) is 0. The zero-order chi connectivity index (χ0) is 10.1. The standard InChI is InChI=1S/C11H18O2/c1-5-7-12-11(9-10(3)4)13-8-6-2/h5-6,11H,1-3,7-9H2,4H3. The van der Waals surface area contributed by atoms with E-state index in [0.29, 0.717) is 19.6 Å². The molecule has 2 heteroatoms. The Morgan fingerprint density at radius 3 is 2.00 bits per heavy atom. The second-order valence-electron chi connectivity index (χ2n) is 2.83. The van der Waals surface area contributed by atoms with E-state index in [1.165, 1.54) is 0 Å². The Kier molecular flexibility index (Phi) is 7.26. The molecule has 0 saturated carbocycles. The van der Waals surface area contributed by atoms with Gasteiger partial charge in [-0.25, -0.2) is 0 Å². The van der Waals surface area contributed by atoms with E-state index in [0.717, 1.165) is 5.57 Å². The monoisotopic (exact) mass is 182 g/mol. The van der Waals surface area contributed by atoms with Crippen LogP contribution in [-0.2, 0) is 9.47 Å². The summed E-state index contributed by atoms with van der Waals surface area (Å²) in [5.74, 6) is 0. The molecule has 0 unspecified atom stereocenters. The largest absolute Gasteiger partial charge is 0.348 e. The molecule has 0 heterocycles. The molecule has 0 radical (unpaired) electrons. The lowest BCUT2D eigenvalue weighted by Crippen LogP contribution is -2.17. The third-order valence-electron chi connectivity index (χ3n) is 1.32. The van der Waals surface area contributed by atoms with Gasteiger partial charge in [0.15, 0.2) is 6.29 Å². The SMILES string of the molecule is C=CCOC(CC(=C)C)OCC=C. The molecule has 13 heavy (non-hydrogen) atoms. The fourth-order valence-corrected chi connectivity index (χ4v) is 0.801. The minimum absolute atomic E-state index is 0.228. The smallest absolute Gasteiger partial charge is 0.162 e. The minimum atomic E-state index is -0.228. The van der Waals surface area contributed by atoms with Gasteiger partial charge in [-0.1, -0.05) is 24.3 Å². The molecule has 0 bridgehead atoms. The van der Waals surface area contributed by atoms with Crippen LogP contribution in [0.2, 0.25) is 0 Å². The summed E-state index contributed by atoms with van der Waals surface area (Å²) in [6.45, 7) is 13.9. The number of hydrogen-bond acceptors (Lipinski definition) is 2. The van der Waals surface area contributed by atoms with Crippen molar-refractivity contribution in [3.63, 3.8) is 0 Å². The van der Waals surface area contributed by atoms with E-state index in [1.54, 1.807) is 12.2 Å². The first-order chi connectivity index (χ1) is 6.20. The first kappa shape index (κ1) is 12.1. The van der Waals surface area contributed by atoms with Gasteiger partial charge >= 0.3 is 0 Å². The molecular weight excluding hydrogens is 164 g/mol. The molecule has 0 rings (SSSR count). The Morgan fingerprint density at radius 2 is 1.69 bits per heavy atom. The van der Waals surface area contributed by atoms with Crippen LogP contribution in [0.25, 0.3) is 0 Å². The van der Waals surface area contributed by atoms with Crippen LogP contribution in [-0.4, -0.2) is 19.5 Å². The highest BCUT2D eigenvalue weighted by Crippen LogP contribution is 2.07. The normalized spacial score (nSPS) is 10.0. The van der Waals surface area contributed by atoms with Crippen LogP contribution < -0.4 is 0 Å². The summed E-state index contributed by atoms with van der Waals surface area (Å²) in [4.78, 5) is 0. The first-order valence-electron chi connectivity index (χ1n) is 4.30. The highest BCUT2D eigenvalue weighted by Gasteiger charge is 2.07. The zero-order valence-electron chi connectivity index (χ0n) is 8.29. The van der Waals surface area contributed by atoms with Gasteiger partial charge in [0.25, 0.3) is 0 Å². The fourth-order valence-electron chi connectivity index (χ4n) is 0.801. The third-order valence-corrected chi connectivity index (χ3v) is 1.32. The minimum Gasteiger partial charge on any atom is -0.348 e. The van der Waals surface area contributed by atoms with Crippen LogP contribution in [0.15, 0.2) is 37.5 Å². The van der Waals surface area contributed by atoms with Crippen molar-refractivity contribution in [2.24, 2.45) is 0 Å². The van der Waals surface area contributed by atoms with Crippen molar-refractivity contribution in [2.75, 3.05) is 13.2 Å². The summed E-state index contributed by atoms with van der Waals surface area (Å²) in [6.07, 6.45) is 3.88. The van der Waals surface area contributed by atoms with Crippen LogP contribution in [0.1, 0.15) is 13.3 Å². The van der Waals surface area contributed by atoms with Crippen LogP contribution in [0, 0.1) is 0 Å². The summed E-state index contributed by atoms with van der Waals surface area (Å²) in [5, 5.41) is 0. The van der Waals surface area contributed by atoms with Gasteiger partial charge in [-0.05, 0) is 6.92 Å². The van der Waals surface area contributed by atoms with E-state index >= 15 is 0 Å². The Balaban J connectivity index is 3.78. The lowest BCUT2D eigenvalue weighted by atomic mass is 10.2. The van der Waals surface area contributed by atoms with Gasteiger partial charge in [-0.3, -0.25) is 0 Å². The quantitative estimate of drug-likeness (QED) is 0.424. The summed E-state index contributed by atoms with van der Waals surface area (Å²) >= 11 is 0. The summed E-state index contributed by atoms with van der Waals surface area (Å²) in [5.41, 5.74) is 1.04. The van der Waals surface area contributed by atoms with Crippen molar-refractivity contribution >= 4 is 0 Å². The second-order valence-corrected chi connectivity index (χ2v) is 2.83. The van der Waals surface area contributed by atoms with E-state index in [-0.39, 0.29) is 6.29 Å². The van der Waals surface area contributed by atoms with Gasteiger partial charge in [0.05, 0.1) is 13.2 Å². The molecule has 0 spiro atoms. The molecule has 0 saturated heterocycles. The molecule has 0 N–H and O–H groups in total. The van der Waals surface area contributed by atoms with E-state index < -0.39 is 0 Å². The van der Waals surface area contributed by atoms with E-state index in [9.17, 15) is 0 Å². The predicted octanol–water partition coefficient (Wildman–Crippen LogP) is 2.68. The maximum Gasteiger partial charge on any atom is 0.162 e. The predicted molar refractivity (Wildman–Crippen MR) is 55.5 cm³/mol. The number of rotatable bonds is 8. The summed E-state index contributed by atoms with van der Waals surface area (Å²) in [6, 6.07) is 0. The molecule has 0 aromatic heterocycles. The molecule has 0 atom stereocenters. The van der Waals surface area contributed by atoms with Crippen LogP contribution in [0.5, 0.6) is 0 Å². The van der Waals surface area contributed by atoms with E-state index in [4.69, 9.17) is 9.47 Å². The maximum absolute atomic E-state index is 5.36. The van der Waals surface area contributed by atoms with Gasteiger partial charge in [-0.2, -0.15) is 0 Å². The van der Waals surface area contributed by atoms with Gasteiger partial charge in [-0.15, -0.1) is 13.2 Å². The van der Waals surface area contributed by atoms with Crippen molar-refractivity contribution in [3.8, 4) is 0 Å². The Hall–Kier alpha value is -0.860. The highest BCUT2D eigenvalue weighted by atomic mass is 16.7. The lowest BCUT2D eigenvalue weighted by molar-refractivity contribution is -0.125. The first-order valence-corrected chi connectivity index (χ1v) is 4.30. The Labute approximate surface area is 80.5 Å². The average Bonchev–Trinajstić information content (AvgIpc) is 2.09. The molecule has 0 fully saturated rings. The van der Waals surface area contributed by atoms with Crippen LogP contribution in [0.4, 0.5) is 0 Å². The molecule has 0 aliphatic carbocycles. The van der Waals surface area contributed by atoms with E-state index in [1.807, 2.05) is 6.92 Å². The Morgan fingerprint density at radius 1 is 1.23 bits per heavy atom. The topological polar surface area (TPSA) is 18.5 Å². The molecule has 74 valence electrons.